The van der Waals surface area contributed by atoms with Crippen LogP contribution in [-0.4, -0.2) is 28.4 Å². The van der Waals surface area contributed by atoms with E-state index < -0.39 is 5.97 Å². The van der Waals surface area contributed by atoms with Gasteiger partial charge in [-0.1, -0.05) is 31.9 Å². The van der Waals surface area contributed by atoms with Crippen LogP contribution in [-0.2, 0) is 16.1 Å². The molecule has 1 aliphatic carbocycles. The van der Waals surface area contributed by atoms with Gasteiger partial charge in [0.1, 0.15) is 5.82 Å². The first-order valence-corrected chi connectivity index (χ1v) is 9.27. The van der Waals surface area contributed by atoms with Crippen LogP contribution in [0.5, 0.6) is 0 Å². The van der Waals surface area contributed by atoms with Crippen LogP contribution in [0.3, 0.4) is 0 Å². The molecule has 5 heteroatoms. The van der Waals surface area contributed by atoms with Crippen LogP contribution in [0.1, 0.15) is 57.4 Å². The number of halogens is 1. The number of amides is 1. The number of carbonyl (C=O) groups is 2. The van der Waals surface area contributed by atoms with E-state index in [9.17, 15) is 14.0 Å². The van der Waals surface area contributed by atoms with Crippen molar-refractivity contribution in [2.45, 2.75) is 58.4 Å². The molecule has 1 fully saturated rings. The standard InChI is InChI=1S/C20H28FNO3/c1-2-3-4-13-22(14-15-5-11-18(21)12-6-15)19(23)16-7-9-17(10-8-16)20(24)25/h5-6,11-12,16-17H,2-4,7-10,13-14H2,1H3,(H,24,25). The summed E-state index contributed by atoms with van der Waals surface area (Å²) in [6, 6.07) is 6.28. The fraction of sp³-hybridized carbons (Fsp3) is 0.600. The topological polar surface area (TPSA) is 57.6 Å². The third-order valence-corrected chi connectivity index (χ3v) is 5.06. The van der Waals surface area contributed by atoms with Crippen LogP contribution in [0, 0.1) is 17.7 Å². The highest BCUT2D eigenvalue weighted by molar-refractivity contribution is 5.79. The molecule has 1 saturated carbocycles. The Bertz CT molecular complexity index is 565. The summed E-state index contributed by atoms with van der Waals surface area (Å²) < 4.78 is 13.1. The molecule has 4 nitrogen and oxygen atoms in total. The van der Waals surface area contributed by atoms with Gasteiger partial charge in [-0.2, -0.15) is 0 Å². The molecule has 0 saturated heterocycles. The molecule has 1 amide bonds. The van der Waals surface area contributed by atoms with Gasteiger partial charge in [-0.15, -0.1) is 0 Å². The van der Waals surface area contributed by atoms with Crippen molar-refractivity contribution in [2.75, 3.05) is 6.54 Å². The highest BCUT2D eigenvalue weighted by Gasteiger charge is 2.31. The van der Waals surface area contributed by atoms with E-state index in [0.717, 1.165) is 24.8 Å². The summed E-state index contributed by atoms with van der Waals surface area (Å²) in [6.45, 7) is 3.31. The van der Waals surface area contributed by atoms with Crippen molar-refractivity contribution < 1.29 is 19.1 Å². The molecule has 25 heavy (non-hydrogen) atoms. The summed E-state index contributed by atoms with van der Waals surface area (Å²) in [7, 11) is 0. The SMILES string of the molecule is CCCCCN(Cc1ccc(F)cc1)C(=O)C1CCC(C(=O)O)CC1. The van der Waals surface area contributed by atoms with Crippen molar-refractivity contribution in [2.24, 2.45) is 11.8 Å². The minimum absolute atomic E-state index is 0.0855. The lowest BCUT2D eigenvalue weighted by Gasteiger charge is -2.31. The fourth-order valence-corrected chi connectivity index (χ4v) is 3.48. The Morgan fingerprint density at radius 1 is 1.08 bits per heavy atom. The van der Waals surface area contributed by atoms with Crippen molar-refractivity contribution in [1.29, 1.82) is 0 Å². The number of nitrogens with zero attached hydrogens (tertiary/aromatic N) is 1. The zero-order valence-corrected chi connectivity index (χ0v) is 14.9. The summed E-state index contributed by atoms with van der Waals surface area (Å²) in [5.74, 6) is -1.31. The van der Waals surface area contributed by atoms with E-state index in [4.69, 9.17) is 5.11 Å². The van der Waals surface area contributed by atoms with Crippen LogP contribution < -0.4 is 0 Å². The van der Waals surface area contributed by atoms with Crippen molar-refractivity contribution >= 4 is 11.9 Å². The first kappa shape index (κ1) is 19.4. The smallest absolute Gasteiger partial charge is 0.306 e. The van der Waals surface area contributed by atoms with Gasteiger partial charge in [0, 0.05) is 19.0 Å². The number of carboxylic acids is 1. The molecular formula is C20H28FNO3. The second-order valence-electron chi connectivity index (χ2n) is 6.98. The average Bonchev–Trinajstić information content (AvgIpc) is 2.62. The number of benzene rings is 1. The maximum atomic E-state index is 13.1. The van der Waals surface area contributed by atoms with Gasteiger partial charge >= 0.3 is 5.97 Å². The molecular weight excluding hydrogens is 321 g/mol. The summed E-state index contributed by atoms with van der Waals surface area (Å²) in [5.41, 5.74) is 0.922. The van der Waals surface area contributed by atoms with Gasteiger partial charge in [0.05, 0.1) is 5.92 Å². The maximum absolute atomic E-state index is 13.1. The van der Waals surface area contributed by atoms with E-state index in [0.29, 0.717) is 38.8 Å². The summed E-state index contributed by atoms with van der Waals surface area (Å²) in [6.07, 6.45) is 5.54. The molecule has 1 aliphatic rings. The zero-order chi connectivity index (χ0) is 18.2. The molecule has 0 aliphatic heterocycles. The number of carboxylic acid groups (broad SMARTS) is 1. The number of hydrogen-bond acceptors (Lipinski definition) is 2. The van der Waals surface area contributed by atoms with Crippen molar-refractivity contribution in [1.82, 2.24) is 4.90 Å². The van der Waals surface area contributed by atoms with Crippen LogP contribution in [0.4, 0.5) is 4.39 Å². The summed E-state index contributed by atoms with van der Waals surface area (Å²) in [5, 5.41) is 9.11. The lowest BCUT2D eigenvalue weighted by atomic mass is 9.81. The summed E-state index contributed by atoms with van der Waals surface area (Å²) >= 11 is 0. The first-order valence-electron chi connectivity index (χ1n) is 9.27. The molecule has 0 heterocycles. The van der Waals surface area contributed by atoms with Crippen LogP contribution in [0.2, 0.25) is 0 Å². The van der Waals surface area contributed by atoms with Crippen LogP contribution in [0.15, 0.2) is 24.3 Å². The fourth-order valence-electron chi connectivity index (χ4n) is 3.48. The number of rotatable bonds is 8. The first-order chi connectivity index (χ1) is 12.0. The van der Waals surface area contributed by atoms with Crippen LogP contribution >= 0.6 is 0 Å². The number of hydrogen-bond donors (Lipinski definition) is 1. The predicted molar refractivity (Wildman–Crippen MR) is 94.4 cm³/mol. The molecule has 1 aromatic carbocycles. The molecule has 0 radical (unpaired) electrons. The van der Waals surface area contributed by atoms with Gasteiger partial charge in [-0.05, 0) is 49.8 Å². The van der Waals surface area contributed by atoms with Gasteiger partial charge in [-0.3, -0.25) is 9.59 Å². The Hall–Kier alpha value is -1.91. The van der Waals surface area contributed by atoms with Gasteiger partial charge in [0.2, 0.25) is 5.91 Å². The Morgan fingerprint density at radius 3 is 2.24 bits per heavy atom. The van der Waals surface area contributed by atoms with Crippen molar-refractivity contribution in [3.05, 3.63) is 35.6 Å². The molecule has 0 spiro atoms. The van der Waals surface area contributed by atoms with E-state index in [1.165, 1.54) is 12.1 Å². The number of carbonyl (C=O) groups excluding carboxylic acids is 1. The van der Waals surface area contributed by atoms with Gasteiger partial charge in [0.15, 0.2) is 0 Å². The molecule has 138 valence electrons. The molecule has 1 aromatic rings. The zero-order valence-electron chi connectivity index (χ0n) is 14.9. The second-order valence-corrected chi connectivity index (χ2v) is 6.98. The number of unbranched alkanes of at least 4 members (excludes halogenated alkanes) is 2. The van der Waals surface area contributed by atoms with Gasteiger partial charge < -0.3 is 10.0 Å². The van der Waals surface area contributed by atoms with Crippen LogP contribution in [0.25, 0.3) is 0 Å². The Labute approximate surface area is 149 Å². The predicted octanol–water partition coefficient (Wildman–Crippen LogP) is 4.24. The van der Waals surface area contributed by atoms with E-state index in [1.807, 2.05) is 4.90 Å². The average molecular weight is 349 g/mol. The lowest BCUT2D eigenvalue weighted by molar-refractivity contribution is -0.145. The molecule has 1 N–H and O–H groups in total. The minimum Gasteiger partial charge on any atom is -0.481 e. The second kappa shape index (κ2) is 9.54. The third kappa shape index (κ3) is 5.83. The van der Waals surface area contributed by atoms with E-state index in [1.54, 1.807) is 12.1 Å². The minimum atomic E-state index is -0.753. The molecule has 2 rings (SSSR count). The normalized spacial score (nSPS) is 20.2. The molecule has 0 unspecified atom stereocenters. The third-order valence-electron chi connectivity index (χ3n) is 5.06. The highest BCUT2D eigenvalue weighted by Crippen LogP contribution is 2.30. The van der Waals surface area contributed by atoms with Crippen molar-refractivity contribution in [3.63, 3.8) is 0 Å². The Morgan fingerprint density at radius 2 is 1.68 bits per heavy atom. The summed E-state index contributed by atoms with van der Waals surface area (Å²) in [4.78, 5) is 25.9. The van der Waals surface area contributed by atoms with Gasteiger partial charge in [-0.25, -0.2) is 4.39 Å². The van der Waals surface area contributed by atoms with Crippen molar-refractivity contribution in [3.8, 4) is 0 Å². The monoisotopic (exact) mass is 349 g/mol. The molecule has 0 atom stereocenters. The highest BCUT2D eigenvalue weighted by atomic mass is 19.1. The Kier molecular flexibility index (Phi) is 7.41. The molecule has 0 bridgehead atoms. The molecule has 0 aromatic heterocycles. The van der Waals surface area contributed by atoms with E-state index >= 15 is 0 Å². The van der Waals surface area contributed by atoms with Gasteiger partial charge in [0.25, 0.3) is 0 Å². The Balaban J connectivity index is 1.99. The number of aliphatic carboxylic acids is 1. The lowest BCUT2D eigenvalue weighted by Crippen LogP contribution is -2.38. The van der Waals surface area contributed by atoms with E-state index in [2.05, 4.69) is 6.92 Å². The largest absolute Gasteiger partial charge is 0.481 e. The van der Waals surface area contributed by atoms with E-state index in [-0.39, 0.29) is 23.6 Å². The quantitative estimate of drug-likeness (QED) is 0.714. The maximum Gasteiger partial charge on any atom is 0.306 e.